The van der Waals surface area contributed by atoms with Crippen molar-refractivity contribution in [1.29, 1.82) is 0 Å². The molecule has 1 heterocycles. The van der Waals surface area contributed by atoms with Crippen LogP contribution >= 0.6 is 0 Å². The van der Waals surface area contributed by atoms with Crippen molar-refractivity contribution >= 4 is 11.9 Å². The maximum absolute atomic E-state index is 12.3. The van der Waals surface area contributed by atoms with E-state index >= 15 is 0 Å². The van der Waals surface area contributed by atoms with Gasteiger partial charge < -0.3 is 25.4 Å². The molecule has 0 aromatic heterocycles. The predicted molar refractivity (Wildman–Crippen MR) is 81.0 cm³/mol. The number of rotatable bonds is 6. The zero-order valence-corrected chi connectivity index (χ0v) is 13.1. The summed E-state index contributed by atoms with van der Waals surface area (Å²) in [7, 11) is 1.33. The lowest BCUT2D eigenvalue weighted by molar-refractivity contribution is -0.124. The van der Waals surface area contributed by atoms with Gasteiger partial charge in [-0.2, -0.15) is 8.78 Å². The Hall–Kier alpha value is -2.58. The maximum Gasteiger partial charge on any atom is 0.387 e. The fourth-order valence-electron chi connectivity index (χ4n) is 2.32. The second-order valence-electron chi connectivity index (χ2n) is 5.18. The summed E-state index contributed by atoms with van der Waals surface area (Å²) in [6.45, 7) is -2.19. The average Bonchev–Trinajstić information content (AvgIpc) is 2.55. The van der Waals surface area contributed by atoms with Crippen LogP contribution in [-0.4, -0.2) is 38.2 Å². The summed E-state index contributed by atoms with van der Waals surface area (Å²) in [5.74, 6) is -0.146. The summed E-state index contributed by atoms with van der Waals surface area (Å²) in [4.78, 5) is 23.4. The highest BCUT2D eigenvalue weighted by molar-refractivity contribution is 5.87. The summed E-state index contributed by atoms with van der Waals surface area (Å²) >= 11 is 0. The van der Waals surface area contributed by atoms with Gasteiger partial charge in [0.15, 0.2) is 11.5 Å². The Bertz CT molecular complexity index is 598. The maximum atomic E-state index is 12.3. The van der Waals surface area contributed by atoms with Crippen LogP contribution in [0.2, 0.25) is 0 Å². The minimum absolute atomic E-state index is 0.0837. The Morgan fingerprint density at radius 1 is 1.42 bits per heavy atom. The first-order chi connectivity index (χ1) is 11.5. The normalized spacial score (nSPS) is 17.2. The van der Waals surface area contributed by atoms with Crippen LogP contribution in [0.1, 0.15) is 18.4 Å². The molecule has 3 N–H and O–H groups in total. The van der Waals surface area contributed by atoms with Gasteiger partial charge in [0, 0.05) is 13.1 Å². The number of alkyl halides is 2. The SMILES string of the molecule is COc1cc(CNC(=O)N[C@@H]2CCCNC2=O)ccc1OC(F)F. The number of carbonyl (C=O) groups is 2. The molecule has 1 aromatic carbocycles. The summed E-state index contributed by atoms with van der Waals surface area (Å²) in [6, 6.07) is 3.34. The number of urea groups is 1. The molecule has 0 aliphatic carbocycles. The minimum atomic E-state index is -2.95. The Morgan fingerprint density at radius 3 is 2.88 bits per heavy atom. The van der Waals surface area contributed by atoms with Gasteiger partial charge >= 0.3 is 12.6 Å². The molecule has 2 rings (SSSR count). The van der Waals surface area contributed by atoms with Crippen molar-refractivity contribution < 1.29 is 27.8 Å². The highest BCUT2D eigenvalue weighted by Gasteiger charge is 2.23. The third kappa shape index (κ3) is 4.97. The summed E-state index contributed by atoms with van der Waals surface area (Å²) in [5, 5.41) is 7.87. The molecule has 1 fully saturated rings. The molecule has 0 bridgehead atoms. The van der Waals surface area contributed by atoms with Gasteiger partial charge in [-0.1, -0.05) is 6.07 Å². The summed E-state index contributed by atoms with van der Waals surface area (Å²) in [6.07, 6.45) is 1.40. The number of benzene rings is 1. The van der Waals surface area contributed by atoms with E-state index in [1.165, 1.54) is 25.3 Å². The zero-order chi connectivity index (χ0) is 17.5. The molecular formula is C15H19F2N3O4. The van der Waals surface area contributed by atoms with Gasteiger partial charge in [0.2, 0.25) is 5.91 Å². The molecule has 0 spiro atoms. The molecule has 1 atom stereocenters. The molecule has 0 saturated carbocycles. The molecule has 7 nitrogen and oxygen atoms in total. The lowest BCUT2D eigenvalue weighted by atomic mass is 10.1. The molecular weight excluding hydrogens is 324 g/mol. The van der Waals surface area contributed by atoms with E-state index in [2.05, 4.69) is 20.7 Å². The first-order valence-corrected chi connectivity index (χ1v) is 7.43. The van der Waals surface area contributed by atoms with E-state index in [4.69, 9.17) is 4.74 Å². The van der Waals surface area contributed by atoms with Crippen LogP contribution in [-0.2, 0) is 11.3 Å². The number of carbonyl (C=O) groups excluding carboxylic acids is 2. The highest BCUT2D eigenvalue weighted by atomic mass is 19.3. The first-order valence-electron chi connectivity index (χ1n) is 7.43. The predicted octanol–water partition coefficient (Wildman–Crippen LogP) is 1.37. The number of amides is 3. The molecule has 1 aromatic rings. The smallest absolute Gasteiger partial charge is 0.387 e. The topological polar surface area (TPSA) is 88.7 Å². The van der Waals surface area contributed by atoms with Gasteiger partial charge in [-0.25, -0.2) is 4.79 Å². The van der Waals surface area contributed by atoms with Crippen molar-refractivity contribution in [2.75, 3.05) is 13.7 Å². The van der Waals surface area contributed by atoms with Gasteiger partial charge in [-0.15, -0.1) is 0 Å². The monoisotopic (exact) mass is 343 g/mol. The second-order valence-corrected chi connectivity index (χ2v) is 5.18. The molecule has 1 aliphatic heterocycles. The van der Waals surface area contributed by atoms with E-state index in [1.807, 2.05) is 0 Å². The fourth-order valence-corrected chi connectivity index (χ4v) is 2.32. The van der Waals surface area contributed by atoms with Crippen LogP contribution in [0, 0.1) is 0 Å². The Labute approximate surface area is 137 Å². The molecule has 9 heteroatoms. The number of hydrogen-bond donors (Lipinski definition) is 3. The van der Waals surface area contributed by atoms with Crippen molar-refractivity contribution in [2.45, 2.75) is 32.0 Å². The fraction of sp³-hybridized carbons (Fsp3) is 0.467. The molecule has 24 heavy (non-hydrogen) atoms. The molecule has 1 aliphatic rings. The number of piperidine rings is 1. The lowest BCUT2D eigenvalue weighted by Gasteiger charge is -2.22. The average molecular weight is 343 g/mol. The van der Waals surface area contributed by atoms with Gasteiger partial charge in [0.05, 0.1) is 7.11 Å². The van der Waals surface area contributed by atoms with E-state index < -0.39 is 18.7 Å². The number of nitrogens with one attached hydrogen (secondary N) is 3. The Morgan fingerprint density at radius 2 is 2.21 bits per heavy atom. The highest BCUT2D eigenvalue weighted by Crippen LogP contribution is 2.29. The van der Waals surface area contributed by atoms with Crippen molar-refractivity contribution in [3.63, 3.8) is 0 Å². The number of ether oxygens (including phenoxy) is 2. The molecule has 1 saturated heterocycles. The number of halogens is 2. The second kappa shape index (κ2) is 8.32. The number of hydrogen-bond acceptors (Lipinski definition) is 4. The summed E-state index contributed by atoms with van der Waals surface area (Å²) in [5.41, 5.74) is 0.636. The van der Waals surface area contributed by atoms with Crippen molar-refractivity contribution in [3.05, 3.63) is 23.8 Å². The van der Waals surface area contributed by atoms with Gasteiger partial charge in [-0.05, 0) is 30.5 Å². The minimum Gasteiger partial charge on any atom is -0.493 e. The first kappa shape index (κ1) is 17.8. The van der Waals surface area contributed by atoms with Crippen LogP contribution < -0.4 is 25.4 Å². The quantitative estimate of drug-likeness (QED) is 0.728. The third-order valence-corrected chi connectivity index (χ3v) is 3.49. The van der Waals surface area contributed by atoms with Crippen LogP contribution in [0.3, 0.4) is 0 Å². The van der Waals surface area contributed by atoms with E-state index in [1.54, 1.807) is 0 Å². The van der Waals surface area contributed by atoms with Gasteiger partial charge in [0.1, 0.15) is 6.04 Å². The largest absolute Gasteiger partial charge is 0.493 e. The molecule has 3 amide bonds. The van der Waals surface area contributed by atoms with Crippen molar-refractivity contribution in [2.24, 2.45) is 0 Å². The zero-order valence-electron chi connectivity index (χ0n) is 13.1. The Balaban J connectivity index is 1.89. The summed E-state index contributed by atoms with van der Waals surface area (Å²) < 4.78 is 33.9. The molecule has 0 unspecified atom stereocenters. The molecule has 0 radical (unpaired) electrons. The van der Waals surface area contributed by atoms with Gasteiger partial charge in [0.25, 0.3) is 0 Å². The van der Waals surface area contributed by atoms with E-state index in [9.17, 15) is 18.4 Å². The van der Waals surface area contributed by atoms with Gasteiger partial charge in [-0.3, -0.25) is 4.79 Å². The van der Waals surface area contributed by atoms with Crippen LogP contribution in [0.25, 0.3) is 0 Å². The Kier molecular flexibility index (Phi) is 6.16. The number of methoxy groups -OCH3 is 1. The van der Waals surface area contributed by atoms with E-state index in [0.29, 0.717) is 18.5 Å². The van der Waals surface area contributed by atoms with Crippen molar-refractivity contribution in [1.82, 2.24) is 16.0 Å². The van der Waals surface area contributed by atoms with E-state index in [-0.39, 0.29) is 24.0 Å². The van der Waals surface area contributed by atoms with Crippen LogP contribution in [0.15, 0.2) is 18.2 Å². The van der Waals surface area contributed by atoms with Crippen LogP contribution in [0.4, 0.5) is 13.6 Å². The standard InChI is InChI=1S/C15H19F2N3O4/c1-23-12-7-9(4-5-11(12)24-14(16)17)8-19-15(22)20-10-3-2-6-18-13(10)21/h4-5,7,10,14H,2-3,6,8H2,1H3,(H,18,21)(H2,19,20,22)/t10-/m1/s1. The third-order valence-electron chi connectivity index (χ3n) is 3.49. The van der Waals surface area contributed by atoms with E-state index in [0.717, 1.165) is 6.42 Å². The van der Waals surface area contributed by atoms with Crippen LogP contribution in [0.5, 0.6) is 11.5 Å². The molecule has 132 valence electrons. The van der Waals surface area contributed by atoms with Crippen molar-refractivity contribution in [3.8, 4) is 11.5 Å². The lowest BCUT2D eigenvalue weighted by Crippen LogP contribution is -2.52.